The SMILES string of the molecule is COC(CN)CC(=O)N1CCSc2ccccc21. The maximum absolute atomic E-state index is 12.3. The Labute approximate surface area is 111 Å². The van der Waals surface area contributed by atoms with Gasteiger partial charge in [-0.1, -0.05) is 12.1 Å². The van der Waals surface area contributed by atoms with Gasteiger partial charge in [-0.15, -0.1) is 11.8 Å². The number of carbonyl (C=O) groups is 1. The second kappa shape index (κ2) is 6.22. The number of fused-ring (bicyclic) bond motifs is 1. The Morgan fingerprint density at radius 3 is 3.06 bits per heavy atom. The van der Waals surface area contributed by atoms with Crippen LogP contribution in [0.25, 0.3) is 0 Å². The van der Waals surface area contributed by atoms with Crippen molar-refractivity contribution in [2.24, 2.45) is 5.73 Å². The molecular weight excluding hydrogens is 248 g/mol. The fourth-order valence-corrected chi connectivity index (χ4v) is 2.99. The minimum absolute atomic E-state index is 0.0834. The monoisotopic (exact) mass is 266 g/mol. The molecular formula is C13H18N2O2S. The van der Waals surface area contributed by atoms with Crippen molar-refractivity contribution in [1.82, 2.24) is 0 Å². The molecule has 1 unspecified atom stereocenters. The number of methoxy groups -OCH3 is 1. The van der Waals surface area contributed by atoms with Gasteiger partial charge in [-0.3, -0.25) is 4.79 Å². The molecule has 1 aromatic carbocycles. The van der Waals surface area contributed by atoms with Crippen LogP contribution in [0.3, 0.4) is 0 Å². The zero-order valence-corrected chi connectivity index (χ0v) is 11.3. The highest BCUT2D eigenvalue weighted by molar-refractivity contribution is 7.99. The summed E-state index contributed by atoms with van der Waals surface area (Å²) < 4.78 is 5.17. The number of carbonyl (C=O) groups excluding carboxylic acids is 1. The fraction of sp³-hybridized carbons (Fsp3) is 0.462. The summed E-state index contributed by atoms with van der Waals surface area (Å²) in [6.45, 7) is 1.12. The van der Waals surface area contributed by atoms with E-state index in [-0.39, 0.29) is 12.0 Å². The van der Waals surface area contributed by atoms with Crippen LogP contribution in [0.1, 0.15) is 6.42 Å². The largest absolute Gasteiger partial charge is 0.380 e. The molecule has 98 valence electrons. The molecule has 2 N–H and O–H groups in total. The molecule has 0 saturated heterocycles. The highest BCUT2D eigenvalue weighted by Crippen LogP contribution is 2.34. The summed E-state index contributed by atoms with van der Waals surface area (Å²) >= 11 is 1.79. The number of hydrogen-bond acceptors (Lipinski definition) is 4. The number of anilines is 1. The molecule has 0 radical (unpaired) electrons. The van der Waals surface area contributed by atoms with Crippen molar-refractivity contribution < 1.29 is 9.53 Å². The molecule has 0 saturated carbocycles. The van der Waals surface area contributed by atoms with Crippen molar-refractivity contribution in [1.29, 1.82) is 0 Å². The van der Waals surface area contributed by atoms with E-state index in [0.717, 1.165) is 18.0 Å². The van der Waals surface area contributed by atoms with E-state index >= 15 is 0 Å². The van der Waals surface area contributed by atoms with Crippen LogP contribution in [0.5, 0.6) is 0 Å². The van der Waals surface area contributed by atoms with Gasteiger partial charge in [0.1, 0.15) is 0 Å². The van der Waals surface area contributed by atoms with Crippen LogP contribution in [0, 0.1) is 0 Å². The van der Waals surface area contributed by atoms with Gasteiger partial charge in [0.2, 0.25) is 5.91 Å². The highest BCUT2D eigenvalue weighted by Gasteiger charge is 2.24. The summed E-state index contributed by atoms with van der Waals surface area (Å²) in [6, 6.07) is 8.00. The van der Waals surface area contributed by atoms with E-state index in [4.69, 9.17) is 10.5 Å². The van der Waals surface area contributed by atoms with Gasteiger partial charge in [0.25, 0.3) is 0 Å². The number of para-hydroxylation sites is 1. The Hall–Kier alpha value is -1.04. The van der Waals surface area contributed by atoms with Crippen LogP contribution in [0.15, 0.2) is 29.2 Å². The van der Waals surface area contributed by atoms with E-state index in [1.807, 2.05) is 23.1 Å². The lowest BCUT2D eigenvalue weighted by Gasteiger charge is -2.30. The second-order valence-electron chi connectivity index (χ2n) is 4.16. The molecule has 18 heavy (non-hydrogen) atoms. The Morgan fingerprint density at radius 1 is 1.56 bits per heavy atom. The van der Waals surface area contributed by atoms with Gasteiger partial charge >= 0.3 is 0 Å². The number of rotatable bonds is 4. The molecule has 0 aliphatic carbocycles. The Balaban J connectivity index is 2.12. The summed E-state index contributed by atoms with van der Waals surface area (Å²) in [5, 5.41) is 0. The third-order valence-electron chi connectivity index (χ3n) is 3.03. The van der Waals surface area contributed by atoms with E-state index in [9.17, 15) is 4.79 Å². The first kappa shape index (κ1) is 13.4. The van der Waals surface area contributed by atoms with Crippen molar-refractivity contribution in [3.05, 3.63) is 24.3 Å². The van der Waals surface area contributed by atoms with Gasteiger partial charge in [-0.05, 0) is 12.1 Å². The zero-order chi connectivity index (χ0) is 13.0. The predicted octanol–water partition coefficient (Wildman–Crippen LogP) is 1.49. The molecule has 0 spiro atoms. The maximum atomic E-state index is 12.3. The van der Waals surface area contributed by atoms with E-state index in [1.165, 1.54) is 4.90 Å². The molecule has 1 aromatic rings. The lowest BCUT2D eigenvalue weighted by Crippen LogP contribution is -2.39. The maximum Gasteiger partial charge on any atom is 0.229 e. The number of benzene rings is 1. The number of amides is 1. The van der Waals surface area contributed by atoms with Gasteiger partial charge in [-0.25, -0.2) is 0 Å². The third-order valence-corrected chi connectivity index (χ3v) is 4.07. The summed E-state index contributed by atoms with van der Waals surface area (Å²) in [7, 11) is 1.59. The number of nitrogens with two attached hydrogens (primary N) is 1. The number of nitrogens with zero attached hydrogens (tertiary/aromatic N) is 1. The van der Waals surface area contributed by atoms with Gasteiger partial charge in [-0.2, -0.15) is 0 Å². The minimum atomic E-state index is -0.195. The molecule has 0 fully saturated rings. The Kier molecular flexibility index (Phi) is 4.63. The van der Waals surface area contributed by atoms with Crippen LogP contribution >= 0.6 is 11.8 Å². The smallest absolute Gasteiger partial charge is 0.229 e. The van der Waals surface area contributed by atoms with Gasteiger partial charge in [0.05, 0.1) is 18.2 Å². The molecule has 5 heteroatoms. The van der Waals surface area contributed by atoms with Gasteiger partial charge in [0, 0.05) is 30.8 Å². The lowest BCUT2D eigenvalue weighted by atomic mass is 10.2. The van der Waals surface area contributed by atoms with Crippen molar-refractivity contribution in [3.63, 3.8) is 0 Å². The predicted molar refractivity (Wildman–Crippen MR) is 74.0 cm³/mol. The quantitative estimate of drug-likeness (QED) is 0.897. The molecule has 1 aliphatic rings. The van der Waals surface area contributed by atoms with Crippen molar-refractivity contribution in [2.75, 3.05) is 30.9 Å². The van der Waals surface area contributed by atoms with Crippen molar-refractivity contribution in [3.8, 4) is 0 Å². The normalized spacial score (nSPS) is 16.2. The molecule has 1 atom stereocenters. The standard InChI is InChI=1S/C13H18N2O2S/c1-17-10(9-14)8-13(16)15-6-7-18-12-5-3-2-4-11(12)15/h2-5,10H,6-9,14H2,1H3. The minimum Gasteiger partial charge on any atom is -0.380 e. The summed E-state index contributed by atoms with van der Waals surface area (Å²) in [5.74, 6) is 1.02. The average molecular weight is 266 g/mol. The van der Waals surface area contributed by atoms with Crippen LogP contribution in [0.4, 0.5) is 5.69 Å². The average Bonchev–Trinajstić information content (AvgIpc) is 2.43. The molecule has 1 aliphatic heterocycles. The van der Waals surface area contributed by atoms with Gasteiger partial charge in [0.15, 0.2) is 0 Å². The molecule has 1 heterocycles. The van der Waals surface area contributed by atoms with Crippen LogP contribution in [0.2, 0.25) is 0 Å². The molecule has 0 aromatic heterocycles. The highest BCUT2D eigenvalue weighted by atomic mass is 32.2. The topological polar surface area (TPSA) is 55.6 Å². The van der Waals surface area contributed by atoms with Crippen molar-refractivity contribution >= 4 is 23.4 Å². The van der Waals surface area contributed by atoms with Crippen LogP contribution < -0.4 is 10.6 Å². The Bertz CT molecular complexity index is 421. The van der Waals surface area contributed by atoms with E-state index in [1.54, 1.807) is 18.9 Å². The van der Waals surface area contributed by atoms with Crippen molar-refractivity contribution in [2.45, 2.75) is 17.4 Å². The number of thioether (sulfide) groups is 1. The summed E-state index contributed by atoms with van der Waals surface area (Å²) in [6.07, 6.45) is 0.144. The van der Waals surface area contributed by atoms with Crippen LogP contribution in [-0.4, -0.2) is 38.0 Å². The first-order valence-corrected chi connectivity index (χ1v) is 7.00. The van der Waals surface area contributed by atoms with E-state index in [0.29, 0.717) is 13.0 Å². The molecule has 1 amide bonds. The molecule has 2 rings (SSSR count). The van der Waals surface area contributed by atoms with Gasteiger partial charge < -0.3 is 15.4 Å². The molecule has 0 bridgehead atoms. The summed E-state index contributed by atoms with van der Waals surface area (Å²) in [4.78, 5) is 15.3. The van der Waals surface area contributed by atoms with E-state index < -0.39 is 0 Å². The Morgan fingerprint density at radius 2 is 2.33 bits per heavy atom. The van der Waals surface area contributed by atoms with E-state index in [2.05, 4.69) is 6.07 Å². The summed E-state index contributed by atoms with van der Waals surface area (Å²) in [5.41, 5.74) is 6.56. The van der Waals surface area contributed by atoms with Crippen LogP contribution in [-0.2, 0) is 9.53 Å². The number of hydrogen-bond donors (Lipinski definition) is 1. The number of ether oxygens (including phenoxy) is 1. The third kappa shape index (κ3) is 2.85. The second-order valence-corrected chi connectivity index (χ2v) is 5.30. The lowest BCUT2D eigenvalue weighted by molar-refractivity contribution is -0.120. The zero-order valence-electron chi connectivity index (χ0n) is 10.5. The first-order valence-electron chi connectivity index (χ1n) is 6.01. The molecule has 4 nitrogen and oxygen atoms in total. The first-order chi connectivity index (χ1) is 8.76. The fourth-order valence-electron chi connectivity index (χ4n) is 2.00.